The number of amides is 3. The van der Waals surface area contributed by atoms with Crippen molar-refractivity contribution in [3.05, 3.63) is 78.1 Å². The number of phenolic OH excluding ortho intramolecular Hbond substituents is 1. The first kappa shape index (κ1) is 35.4. The summed E-state index contributed by atoms with van der Waals surface area (Å²) in [6.07, 6.45) is 6.07. The number of likely N-dealkylation sites (N-methyl/N-ethyl adjacent to an activating group) is 1. The molecule has 43 heavy (non-hydrogen) atoms. The van der Waals surface area contributed by atoms with Crippen LogP contribution in [0.2, 0.25) is 0 Å². The van der Waals surface area contributed by atoms with E-state index in [4.69, 9.17) is 4.74 Å². The maximum Gasteiger partial charge on any atom is 0.261 e. The van der Waals surface area contributed by atoms with Gasteiger partial charge >= 0.3 is 0 Å². The van der Waals surface area contributed by atoms with Gasteiger partial charge in [-0.1, -0.05) is 87.7 Å². The number of rotatable bonds is 5. The van der Waals surface area contributed by atoms with Gasteiger partial charge < -0.3 is 25.4 Å². The number of carbonyl (C=O) groups excluding carboxylic acids is 3. The number of phenols is 1. The highest BCUT2D eigenvalue weighted by Gasteiger charge is 2.38. The molecule has 0 spiro atoms. The number of unbranched alkanes of at least 4 members (excludes halogenated alkanes) is 1. The number of ether oxygens (including phenoxy) is 1. The van der Waals surface area contributed by atoms with E-state index in [-0.39, 0.29) is 29.0 Å². The van der Waals surface area contributed by atoms with E-state index in [9.17, 15) is 19.5 Å². The van der Waals surface area contributed by atoms with Crippen LogP contribution in [0.1, 0.15) is 88.6 Å². The summed E-state index contributed by atoms with van der Waals surface area (Å²) in [5, 5.41) is 15.7. The normalized spacial score (nSPS) is 21.2. The molecule has 3 atom stereocenters. The zero-order valence-electron chi connectivity index (χ0n) is 26.6. The van der Waals surface area contributed by atoms with Gasteiger partial charge in [0.1, 0.15) is 11.8 Å². The van der Waals surface area contributed by atoms with Crippen LogP contribution in [0, 0.1) is 12.8 Å². The van der Waals surface area contributed by atoms with Gasteiger partial charge in [0.15, 0.2) is 6.10 Å². The van der Waals surface area contributed by atoms with E-state index in [0.717, 1.165) is 19.3 Å². The summed E-state index contributed by atoms with van der Waals surface area (Å²) in [6.45, 7) is 14.9. The van der Waals surface area contributed by atoms with Crippen molar-refractivity contribution in [2.45, 2.75) is 97.8 Å². The van der Waals surface area contributed by atoms with Crippen LogP contribution in [0.4, 0.5) is 0 Å². The molecular formula is C35H51N3O5. The minimum Gasteiger partial charge on any atom is -0.507 e. The molecule has 1 saturated heterocycles. The van der Waals surface area contributed by atoms with Gasteiger partial charge in [0.2, 0.25) is 5.91 Å². The first-order valence-corrected chi connectivity index (χ1v) is 15.7. The van der Waals surface area contributed by atoms with Crippen molar-refractivity contribution in [1.29, 1.82) is 0 Å². The predicted molar refractivity (Wildman–Crippen MR) is 172 cm³/mol. The quantitative estimate of drug-likeness (QED) is 0.386. The van der Waals surface area contributed by atoms with Crippen LogP contribution in [0.25, 0.3) is 0 Å². The van der Waals surface area contributed by atoms with Crippen LogP contribution in [0.5, 0.6) is 5.75 Å². The largest absolute Gasteiger partial charge is 0.507 e. The monoisotopic (exact) mass is 593 g/mol. The number of nitrogens with one attached hydrogen (secondary N) is 2. The molecule has 1 aliphatic carbocycles. The van der Waals surface area contributed by atoms with Gasteiger partial charge in [-0.25, -0.2) is 0 Å². The zero-order valence-corrected chi connectivity index (χ0v) is 26.6. The Bertz CT molecular complexity index is 1160. The lowest BCUT2D eigenvalue weighted by Crippen LogP contribution is -2.60. The number of nitrogens with zero attached hydrogens (tertiary/aromatic N) is 1. The number of carbonyl (C=O) groups is 3. The zero-order chi connectivity index (χ0) is 31.8. The van der Waals surface area contributed by atoms with Gasteiger partial charge in [0.25, 0.3) is 11.8 Å². The minimum absolute atomic E-state index is 0.0694. The fourth-order valence-corrected chi connectivity index (χ4v) is 4.64. The van der Waals surface area contributed by atoms with Crippen LogP contribution < -0.4 is 10.6 Å². The SMILES string of the molecule is C=C1CCCN(CC)C(=O)C(NC(=O)c2ccccc2O)C(C)NC(=O)C(C2CCC2)O1.CCCC.Cc1ccccc1. The topological polar surface area (TPSA) is 108 Å². The molecule has 1 heterocycles. The molecule has 236 valence electrons. The average molecular weight is 594 g/mol. The third-order valence-corrected chi connectivity index (χ3v) is 7.72. The number of aryl methyl sites for hydroxylation is 1. The summed E-state index contributed by atoms with van der Waals surface area (Å²) in [7, 11) is 0. The first-order chi connectivity index (χ1) is 20.6. The third-order valence-electron chi connectivity index (χ3n) is 7.72. The number of hydrogen-bond donors (Lipinski definition) is 3. The van der Waals surface area contributed by atoms with E-state index in [0.29, 0.717) is 31.7 Å². The van der Waals surface area contributed by atoms with Crippen LogP contribution in [-0.2, 0) is 14.3 Å². The summed E-state index contributed by atoms with van der Waals surface area (Å²) in [5.41, 5.74) is 1.39. The molecular weight excluding hydrogens is 542 g/mol. The summed E-state index contributed by atoms with van der Waals surface area (Å²) >= 11 is 0. The molecule has 8 nitrogen and oxygen atoms in total. The van der Waals surface area contributed by atoms with E-state index < -0.39 is 24.1 Å². The molecule has 1 saturated carbocycles. The standard InChI is InChI=1S/C24H33N3O5.C7H8.C4H10/c1-4-27-14-8-9-15(2)32-21(17-10-7-11-17)23(30)25-16(3)20(24(27)31)26-22(29)18-12-5-6-13-19(18)28;1-7-5-3-2-4-6-7;1-3-4-2/h5-6,12-13,16-17,20-21,28H,2,4,7-11,14H2,1,3H3,(H,25,30)(H,26,29);2-6H,1H3;3-4H2,1-2H3. The van der Waals surface area contributed by atoms with Crippen LogP contribution >= 0.6 is 0 Å². The van der Waals surface area contributed by atoms with E-state index in [1.165, 1.54) is 30.5 Å². The lowest BCUT2D eigenvalue weighted by Gasteiger charge is -2.36. The Kier molecular flexibility index (Phi) is 15.4. The van der Waals surface area contributed by atoms with Crippen molar-refractivity contribution in [2.24, 2.45) is 5.92 Å². The van der Waals surface area contributed by atoms with Crippen LogP contribution in [0.15, 0.2) is 66.9 Å². The number of para-hydroxylation sites is 1. The third kappa shape index (κ3) is 11.4. The molecule has 2 aromatic rings. The smallest absolute Gasteiger partial charge is 0.261 e. The Morgan fingerprint density at radius 2 is 1.65 bits per heavy atom. The summed E-state index contributed by atoms with van der Waals surface area (Å²) in [6, 6.07) is 14.7. The Hall–Kier alpha value is -3.81. The molecule has 8 heteroatoms. The molecule has 1 aliphatic heterocycles. The van der Waals surface area contributed by atoms with Crippen molar-refractivity contribution in [2.75, 3.05) is 13.1 Å². The Balaban J connectivity index is 0.000000493. The number of hydrogen-bond acceptors (Lipinski definition) is 5. The Morgan fingerprint density at radius 3 is 2.16 bits per heavy atom. The summed E-state index contributed by atoms with van der Waals surface area (Å²) in [4.78, 5) is 41.0. The summed E-state index contributed by atoms with van der Waals surface area (Å²) < 4.78 is 5.95. The molecule has 0 bridgehead atoms. The Morgan fingerprint density at radius 1 is 1.02 bits per heavy atom. The van der Waals surface area contributed by atoms with Crippen LogP contribution in [-0.4, -0.2) is 59.0 Å². The highest BCUT2D eigenvalue weighted by Crippen LogP contribution is 2.33. The van der Waals surface area contributed by atoms with Crippen molar-refractivity contribution in [1.82, 2.24) is 15.5 Å². The van der Waals surface area contributed by atoms with Crippen molar-refractivity contribution in [3.8, 4) is 5.75 Å². The molecule has 2 aliphatic rings. The maximum absolute atomic E-state index is 13.4. The predicted octanol–water partition coefficient (Wildman–Crippen LogP) is 6.14. The molecule has 4 rings (SSSR count). The van der Waals surface area contributed by atoms with Crippen LogP contribution in [0.3, 0.4) is 0 Å². The van der Waals surface area contributed by atoms with E-state index in [1.54, 1.807) is 24.0 Å². The minimum atomic E-state index is -0.990. The maximum atomic E-state index is 13.4. The van der Waals surface area contributed by atoms with Gasteiger partial charge in [0.05, 0.1) is 17.4 Å². The second-order valence-electron chi connectivity index (χ2n) is 11.2. The molecule has 2 fully saturated rings. The number of allylic oxidation sites excluding steroid dienone is 1. The average Bonchev–Trinajstić information content (AvgIpc) is 2.97. The summed E-state index contributed by atoms with van der Waals surface area (Å²) in [5.74, 6) is -0.660. The van der Waals surface area contributed by atoms with Gasteiger partial charge in [-0.2, -0.15) is 0 Å². The number of aromatic hydroxyl groups is 1. The van der Waals surface area contributed by atoms with Gasteiger partial charge in [-0.15, -0.1) is 0 Å². The molecule has 0 aromatic heterocycles. The van der Waals surface area contributed by atoms with Crippen molar-refractivity contribution in [3.63, 3.8) is 0 Å². The van der Waals surface area contributed by atoms with Crippen molar-refractivity contribution < 1.29 is 24.2 Å². The molecule has 0 radical (unpaired) electrons. The van der Waals surface area contributed by atoms with E-state index >= 15 is 0 Å². The fourth-order valence-electron chi connectivity index (χ4n) is 4.64. The Labute approximate surface area is 257 Å². The fraction of sp³-hybridized carbons (Fsp3) is 0.514. The lowest BCUT2D eigenvalue weighted by molar-refractivity contribution is -0.138. The molecule has 3 N–H and O–H groups in total. The van der Waals surface area contributed by atoms with Gasteiger partial charge in [-0.3, -0.25) is 14.4 Å². The second-order valence-corrected chi connectivity index (χ2v) is 11.2. The molecule has 3 amide bonds. The first-order valence-electron chi connectivity index (χ1n) is 15.7. The van der Waals surface area contributed by atoms with E-state index in [2.05, 4.69) is 50.1 Å². The highest BCUT2D eigenvalue weighted by molar-refractivity contribution is 6.00. The lowest BCUT2D eigenvalue weighted by atomic mass is 9.80. The molecule has 3 unspecified atom stereocenters. The molecule has 2 aromatic carbocycles. The van der Waals surface area contributed by atoms with Gasteiger partial charge in [0, 0.05) is 25.4 Å². The van der Waals surface area contributed by atoms with Gasteiger partial charge in [-0.05, 0) is 52.2 Å². The van der Waals surface area contributed by atoms with E-state index in [1.807, 2.05) is 25.1 Å². The highest BCUT2D eigenvalue weighted by atomic mass is 16.5. The number of benzene rings is 2. The second kappa shape index (κ2) is 18.7. The van der Waals surface area contributed by atoms with Crippen molar-refractivity contribution >= 4 is 17.7 Å².